The minimum absolute atomic E-state index is 0.276. The molecule has 0 aromatic carbocycles. The van der Waals surface area contributed by atoms with Crippen LogP contribution in [0.15, 0.2) is 0 Å². The van der Waals surface area contributed by atoms with Gasteiger partial charge in [0, 0.05) is 6.54 Å². The SMILES string of the molecule is CC(C)(C)OC(=O)NCC(=O)N1CCC[C@H]1C(=O)NC(CC1CCC1)C(=O)C(N)=O. The predicted octanol–water partition coefficient (Wildman–Crippen LogP) is 0.232. The second-order valence-electron chi connectivity index (χ2n) is 8.92. The number of hydrogen-bond acceptors (Lipinski definition) is 6. The molecule has 1 unspecified atom stereocenters. The molecule has 30 heavy (non-hydrogen) atoms. The van der Waals surface area contributed by atoms with E-state index in [1.165, 1.54) is 4.90 Å². The summed E-state index contributed by atoms with van der Waals surface area (Å²) < 4.78 is 5.10. The van der Waals surface area contributed by atoms with E-state index in [4.69, 9.17) is 10.5 Å². The van der Waals surface area contributed by atoms with Crippen molar-refractivity contribution >= 4 is 29.6 Å². The van der Waals surface area contributed by atoms with E-state index in [0.29, 0.717) is 25.8 Å². The third kappa shape index (κ3) is 6.70. The largest absolute Gasteiger partial charge is 0.444 e. The molecular weight excluding hydrogens is 392 g/mol. The van der Waals surface area contributed by atoms with E-state index in [9.17, 15) is 24.0 Å². The maximum atomic E-state index is 12.8. The molecule has 0 bridgehead atoms. The van der Waals surface area contributed by atoms with Gasteiger partial charge in [-0.1, -0.05) is 19.3 Å². The molecule has 0 aromatic heterocycles. The Labute approximate surface area is 176 Å². The predicted molar refractivity (Wildman–Crippen MR) is 107 cm³/mol. The highest BCUT2D eigenvalue weighted by molar-refractivity contribution is 6.37. The van der Waals surface area contributed by atoms with Crippen LogP contribution in [0, 0.1) is 5.92 Å². The van der Waals surface area contributed by atoms with Crippen LogP contribution in [0.3, 0.4) is 0 Å². The van der Waals surface area contributed by atoms with Gasteiger partial charge in [0.05, 0.1) is 6.04 Å². The average molecular weight is 424 g/mol. The van der Waals surface area contributed by atoms with Crippen LogP contribution >= 0.6 is 0 Å². The van der Waals surface area contributed by atoms with Gasteiger partial charge in [0.15, 0.2) is 0 Å². The summed E-state index contributed by atoms with van der Waals surface area (Å²) in [6.07, 6.45) is 3.66. The second-order valence-corrected chi connectivity index (χ2v) is 8.92. The van der Waals surface area contributed by atoms with Crippen LogP contribution in [-0.2, 0) is 23.9 Å². The molecule has 0 spiro atoms. The van der Waals surface area contributed by atoms with Gasteiger partial charge >= 0.3 is 6.09 Å². The lowest BCUT2D eigenvalue weighted by Crippen LogP contribution is -2.54. The number of ether oxygens (including phenoxy) is 1. The fourth-order valence-corrected chi connectivity index (χ4v) is 3.63. The number of rotatable bonds is 8. The van der Waals surface area contributed by atoms with E-state index < -0.39 is 47.3 Å². The number of Topliss-reactive ketones (excluding diaryl/α,β-unsaturated/α-hetero) is 1. The minimum Gasteiger partial charge on any atom is -0.444 e. The molecule has 4 amide bonds. The monoisotopic (exact) mass is 424 g/mol. The number of ketones is 1. The number of nitrogens with two attached hydrogens (primary N) is 1. The zero-order valence-electron chi connectivity index (χ0n) is 17.9. The van der Waals surface area contributed by atoms with Crippen molar-refractivity contribution in [2.24, 2.45) is 11.7 Å². The molecule has 4 N–H and O–H groups in total. The molecule has 168 valence electrons. The van der Waals surface area contributed by atoms with Gasteiger partial charge in [-0.15, -0.1) is 0 Å². The summed E-state index contributed by atoms with van der Waals surface area (Å²) in [5.41, 5.74) is 4.44. The number of amides is 4. The normalized spacial score (nSPS) is 20.1. The standard InChI is InChI=1S/C20H32N4O6/c1-20(2,3)30-19(29)22-11-15(25)24-9-5-8-14(24)18(28)23-13(16(26)17(21)27)10-12-6-4-7-12/h12-14H,4-11H2,1-3H3,(H2,21,27)(H,22,29)(H,23,28)/t13?,14-/m0/s1. The Morgan fingerprint density at radius 1 is 1.10 bits per heavy atom. The van der Waals surface area contributed by atoms with Crippen LogP contribution in [-0.4, -0.2) is 65.3 Å². The van der Waals surface area contributed by atoms with Crippen LogP contribution in [0.25, 0.3) is 0 Å². The van der Waals surface area contributed by atoms with E-state index in [0.717, 1.165) is 19.3 Å². The van der Waals surface area contributed by atoms with Gasteiger partial charge in [-0.3, -0.25) is 19.2 Å². The molecule has 1 saturated carbocycles. The molecule has 10 nitrogen and oxygen atoms in total. The van der Waals surface area contributed by atoms with E-state index in [1.807, 2.05) is 0 Å². The Bertz CT molecular complexity index is 698. The number of nitrogens with zero attached hydrogens (tertiary/aromatic N) is 1. The number of primary amides is 1. The van der Waals surface area contributed by atoms with Crippen molar-refractivity contribution in [2.45, 2.75) is 77.0 Å². The van der Waals surface area contributed by atoms with Crippen molar-refractivity contribution in [3.8, 4) is 0 Å². The van der Waals surface area contributed by atoms with Gasteiger partial charge in [-0.05, 0) is 46.0 Å². The quantitative estimate of drug-likeness (QED) is 0.475. The van der Waals surface area contributed by atoms with Crippen molar-refractivity contribution in [1.29, 1.82) is 0 Å². The first kappa shape index (κ1) is 23.6. The molecule has 0 aromatic rings. The van der Waals surface area contributed by atoms with Gasteiger partial charge in [0.1, 0.15) is 18.2 Å². The van der Waals surface area contributed by atoms with Crippen molar-refractivity contribution in [1.82, 2.24) is 15.5 Å². The maximum absolute atomic E-state index is 12.8. The Kier molecular flexibility index (Phi) is 7.80. The summed E-state index contributed by atoms with van der Waals surface area (Å²) >= 11 is 0. The topological polar surface area (TPSA) is 148 Å². The van der Waals surface area contributed by atoms with Gasteiger partial charge < -0.3 is 26.0 Å². The van der Waals surface area contributed by atoms with E-state index in [1.54, 1.807) is 20.8 Å². The van der Waals surface area contributed by atoms with Gasteiger partial charge in [0.2, 0.25) is 17.6 Å². The minimum atomic E-state index is -1.08. The first-order chi connectivity index (χ1) is 14.0. The summed E-state index contributed by atoms with van der Waals surface area (Å²) in [5.74, 6) is -2.54. The molecule has 0 radical (unpaired) electrons. The molecule has 1 aliphatic heterocycles. The number of likely N-dealkylation sites (tertiary alicyclic amines) is 1. The van der Waals surface area contributed by atoms with Gasteiger partial charge in [-0.2, -0.15) is 0 Å². The summed E-state index contributed by atoms with van der Waals surface area (Å²) in [6, 6.07) is -1.74. The van der Waals surface area contributed by atoms with E-state index >= 15 is 0 Å². The van der Waals surface area contributed by atoms with E-state index in [2.05, 4.69) is 10.6 Å². The van der Waals surface area contributed by atoms with E-state index in [-0.39, 0.29) is 12.5 Å². The molecule has 1 saturated heterocycles. The number of carbonyl (C=O) groups is 5. The third-order valence-corrected chi connectivity index (χ3v) is 5.33. The number of hydrogen-bond donors (Lipinski definition) is 3. The first-order valence-electron chi connectivity index (χ1n) is 10.4. The molecule has 2 aliphatic rings. The number of alkyl carbamates (subject to hydrolysis) is 1. The molecule has 2 atom stereocenters. The summed E-state index contributed by atoms with van der Waals surface area (Å²) in [7, 11) is 0. The van der Waals surface area contributed by atoms with Gasteiger partial charge in [0.25, 0.3) is 5.91 Å². The zero-order chi connectivity index (χ0) is 22.5. The van der Waals surface area contributed by atoms with Crippen LogP contribution in [0.1, 0.15) is 59.3 Å². The summed E-state index contributed by atoms with van der Waals surface area (Å²) in [4.78, 5) is 61.9. The smallest absolute Gasteiger partial charge is 0.408 e. The fourth-order valence-electron chi connectivity index (χ4n) is 3.63. The first-order valence-corrected chi connectivity index (χ1v) is 10.4. The van der Waals surface area contributed by atoms with Crippen molar-refractivity contribution in [3.05, 3.63) is 0 Å². The highest BCUT2D eigenvalue weighted by Crippen LogP contribution is 2.30. The molecule has 10 heteroatoms. The average Bonchev–Trinajstić information content (AvgIpc) is 3.09. The lowest BCUT2D eigenvalue weighted by Gasteiger charge is -2.30. The van der Waals surface area contributed by atoms with Crippen molar-refractivity contribution < 1.29 is 28.7 Å². The maximum Gasteiger partial charge on any atom is 0.408 e. The highest BCUT2D eigenvalue weighted by Gasteiger charge is 2.37. The number of nitrogens with one attached hydrogen (secondary N) is 2. The van der Waals surface area contributed by atoms with Crippen molar-refractivity contribution in [2.75, 3.05) is 13.1 Å². The van der Waals surface area contributed by atoms with Crippen LogP contribution in [0.2, 0.25) is 0 Å². The van der Waals surface area contributed by atoms with Gasteiger partial charge in [-0.25, -0.2) is 4.79 Å². The Balaban J connectivity index is 1.94. The Morgan fingerprint density at radius 2 is 1.77 bits per heavy atom. The number of carbonyl (C=O) groups excluding carboxylic acids is 5. The molecule has 2 rings (SSSR count). The summed E-state index contributed by atoms with van der Waals surface area (Å²) in [5, 5.41) is 5.02. The molecule has 1 heterocycles. The third-order valence-electron chi connectivity index (χ3n) is 5.33. The molecule has 1 aliphatic carbocycles. The molecule has 2 fully saturated rings. The zero-order valence-corrected chi connectivity index (χ0v) is 17.9. The lowest BCUT2D eigenvalue weighted by molar-refractivity contribution is -0.141. The van der Waals surface area contributed by atoms with Crippen LogP contribution in [0.5, 0.6) is 0 Å². The summed E-state index contributed by atoms with van der Waals surface area (Å²) in [6.45, 7) is 5.20. The fraction of sp³-hybridized carbons (Fsp3) is 0.750. The van der Waals surface area contributed by atoms with Crippen LogP contribution < -0.4 is 16.4 Å². The second kappa shape index (κ2) is 9.90. The van der Waals surface area contributed by atoms with Crippen molar-refractivity contribution in [3.63, 3.8) is 0 Å². The molecular formula is C20H32N4O6. The Hall–Kier alpha value is -2.65. The lowest BCUT2D eigenvalue weighted by atomic mass is 9.80. The highest BCUT2D eigenvalue weighted by atomic mass is 16.6. The Morgan fingerprint density at radius 3 is 2.30 bits per heavy atom. The van der Waals surface area contributed by atoms with Crippen LogP contribution in [0.4, 0.5) is 4.79 Å².